The van der Waals surface area contributed by atoms with Gasteiger partial charge in [-0.25, -0.2) is 22.0 Å². The molecule has 0 spiro atoms. The van der Waals surface area contributed by atoms with Crippen molar-refractivity contribution in [2.75, 3.05) is 0 Å². The number of rotatable bonds is 6. The fourth-order valence-electron chi connectivity index (χ4n) is 5.93. The summed E-state index contributed by atoms with van der Waals surface area (Å²) in [5, 5.41) is 0. The van der Waals surface area contributed by atoms with Crippen molar-refractivity contribution < 1.29 is 22.0 Å². The van der Waals surface area contributed by atoms with Crippen molar-refractivity contribution >= 4 is 11.6 Å². The van der Waals surface area contributed by atoms with Crippen LogP contribution in [0.1, 0.15) is 63.4 Å². The summed E-state index contributed by atoms with van der Waals surface area (Å²) in [7, 11) is 0. The molecule has 0 unspecified atom stereocenters. The van der Waals surface area contributed by atoms with Crippen LogP contribution in [0.3, 0.4) is 0 Å². The van der Waals surface area contributed by atoms with Crippen molar-refractivity contribution in [3.05, 3.63) is 70.5 Å². The third-order valence-electron chi connectivity index (χ3n) is 8.01. The number of hydrogen-bond donors (Lipinski definition) is 0. The molecule has 4 rings (SSSR count). The molecular weight excluding hydrogens is 467 g/mol. The first-order valence-corrected chi connectivity index (χ1v) is 12.7. The Kier molecular flexibility index (Phi) is 8.34. The molecular formula is C28H30ClF5. The molecule has 0 nitrogen and oxygen atoms in total. The zero-order valence-electron chi connectivity index (χ0n) is 19.1. The van der Waals surface area contributed by atoms with Gasteiger partial charge in [-0.3, -0.25) is 0 Å². The SMILES string of the molecule is Fc1c(F)c(F)c(-c2ccc(CCC3CCC(C4CCC(C=CCl)CC4)CC3)cc2)c(F)c1F. The number of halogens is 6. The monoisotopic (exact) mass is 496 g/mol. The predicted molar refractivity (Wildman–Crippen MR) is 126 cm³/mol. The number of hydrogen-bond acceptors (Lipinski definition) is 0. The molecule has 184 valence electrons. The molecule has 0 bridgehead atoms. The summed E-state index contributed by atoms with van der Waals surface area (Å²) in [6, 6.07) is 6.29. The Morgan fingerprint density at radius 2 is 1.18 bits per heavy atom. The highest BCUT2D eigenvalue weighted by molar-refractivity contribution is 6.25. The maximum atomic E-state index is 14.1. The lowest BCUT2D eigenvalue weighted by Crippen LogP contribution is -2.25. The predicted octanol–water partition coefficient (Wildman–Crippen LogP) is 9.35. The lowest BCUT2D eigenvalue weighted by molar-refractivity contribution is 0.153. The average molecular weight is 497 g/mol. The van der Waals surface area contributed by atoms with Gasteiger partial charge in [0.15, 0.2) is 23.3 Å². The summed E-state index contributed by atoms with van der Waals surface area (Å²) >= 11 is 5.72. The third-order valence-corrected chi connectivity index (χ3v) is 8.16. The highest BCUT2D eigenvalue weighted by atomic mass is 35.5. The molecule has 0 atom stereocenters. The summed E-state index contributed by atoms with van der Waals surface area (Å²) < 4.78 is 68.5. The minimum absolute atomic E-state index is 0.0201. The van der Waals surface area contributed by atoms with Crippen LogP contribution in [0.25, 0.3) is 11.1 Å². The first kappa shape index (κ1) is 25.2. The van der Waals surface area contributed by atoms with Gasteiger partial charge in [-0.2, -0.15) is 0 Å². The first-order valence-electron chi connectivity index (χ1n) is 12.3. The largest absolute Gasteiger partial charge is 0.203 e. The van der Waals surface area contributed by atoms with E-state index in [1.165, 1.54) is 63.5 Å². The van der Waals surface area contributed by atoms with Gasteiger partial charge in [0.05, 0.1) is 5.56 Å². The van der Waals surface area contributed by atoms with Crippen LogP contribution in [0.15, 0.2) is 35.9 Å². The summed E-state index contributed by atoms with van der Waals surface area (Å²) in [6.07, 6.45) is 14.1. The third kappa shape index (κ3) is 5.50. The molecule has 0 N–H and O–H groups in total. The van der Waals surface area contributed by atoms with Crippen molar-refractivity contribution in [3.63, 3.8) is 0 Å². The summed E-state index contributed by atoms with van der Waals surface area (Å²) in [4.78, 5) is 0. The number of benzene rings is 2. The van der Waals surface area contributed by atoms with E-state index in [1.807, 2.05) is 0 Å². The fourth-order valence-corrected chi connectivity index (χ4v) is 6.13. The Hall–Kier alpha value is -1.88. The van der Waals surface area contributed by atoms with Crippen molar-refractivity contribution in [2.24, 2.45) is 23.7 Å². The zero-order chi connectivity index (χ0) is 24.2. The van der Waals surface area contributed by atoms with Gasteiger partial charge in [-0.1, -0.05) is 54.8 Å². The molecule has 2 aromatic rings. The number of aryl methyl sites for hydroxylation is 1. The van der Waals surface area contributed by atoms with E-state index in [2.05, 4.69) is 6.08 Å². The Bertz CT molecular complexity index is 971. The molecule has 2 fully saturated rings. The Balaban J connectivity index is 1.28. The number of allylic oxidation sites excluding steroid dienone is 1. The summed E-state index contributed by atoms with van der Waals surface area (Å²) in [6.45, 7) is 0. The molecule has 0 saturated heterocycles. The lowest BCUT2D eigenvalue weighted by atomic mass is 9.68. The zero-order valence-corrected chi connectivity index (χ0v) is 19.9. The molecule has 0 aliphatic heterocycles. The standard InChI is InChI=1S/C28H30ClF5/c29-16-15-19-5-11-21(12-6-19)20-9-3-17(4-10-20)1-2-18-7-13-22(14-8-18)23-24(30)26(32)28(34)27(33)25(23)31/h7-8,13-17,19-21H,1-6,9-12H2. The van der Waals surface area contributed by atoms with Crippen LogP contribution in [0.5, 0.6) is 0 Å². The van der Waals surface area contributed by atoms with Gasteiger partial charge in [-0.15, -0.1) is 0 Å². The van der Waals surface area contributed by atoms with E-state index < -0.39 is 34.6 Å². The minimum Gasteiger partial charge on any atom is -0.203 e. The van der Waals surface area contributed by atoms with Crippen LogP contribution in [-0.4, -0.2) is 0 Å². The van der Waals surface area contributed by atoms with E-state index in [1.54, 1.807) is 17.7 Å². The van der Waals surface area contributed by atoms with Gasteiger partial charge in [0.2, 0.25) is 5.82 Å². The van der Waals surface area contributed by atoms with E-state index >= 15 is 0 Å². The van der Waals surface area contributed by atoms with Gasteiger partial charge in [-0.05, 0) is 86.2 Å². The molecule has 2 aliphatic carbocycles. The van der Waals surface area contributed by atoms with E-state index in [-0.39, 0.29) is 5.56 Å². The molecule has 0 aromatic heterocycles. The van der Waals surface area contributed by atoms with Gasteiger partial charge in [0.1, 0.15) is 0 Å². The van der Waals surface area contributed by atoms with Crippen molar-refractivity contribution in [1.29, 1.82) is 0 Å². The molecule has 2 aromatic carbocycles. The summed E-state index contributed by atoms with van der Waals surface area (Å²) in [5.74, 6) is -6.60. The molecule has 2 aliphatic rings. The van der Waals surface area contributed by atoms with Crippen LogP contribution in [0.4, 0.5) is 22.0 Å². The van der Waals surface area contributed by atoms with E-state index in [0.29, 0.717) is 11.8 Å². The molecule has 2 saturated carbocycles. The topological polar surface area (TPSA) is 0 Å². The van der Waals surface area contributed by atoms with Crippen LogP contribution in [0, 0.1) is 52.8 Å². The van der Waals surface area contributed by atoms with E-state index in [4.69, 9.17) is 11.6 Å². The Morgan fingerprint density at radius 3 is 1.71 bits per heavy atom. The summed E-state index contributed by atoms with van der Waals surface area (Å²) in [5.41, 5.74) is 1.76. The highest BCUT2D eigenvalue weighted by Gasteiger charge is 2.30. The maximum absolute atomic E-state index is 14.1. The molecule has 0 heterocycles. The van der Waals surface area contributed by atoms with E-state index in [9.17, 15) is 22.0 Å². The van der Waals surface area contributed by atoms with Crippen molar-refractivity contribution in [3.8, 4) is 11.1 Å². The van der Waals surface area contributed by atoms with Crippen LogP contribution in [0.2, 0.25) is 0 Å². The van der Waals surface area contributed by atoms with Crippen molar-refractivity contribution in [1.82, 2.24) is 0 Å². The molecule has 34 heavy (non-hydrogen) atoms. The van der Waals surface area contributed by atoms with Gasteiger partial charge in [0.25, 0.3) is 0 Å². The first-order chi connectivity index (χ1) is 16.4. The minimum atomic E-state index is -2.14. The lowest BCUT2D eigenvalue weighted by Gasteiger charge is -2.37. The smallest absolute Gasteiger partial charge is 0.200 e. The molecule has 0 amide bonds. The van der Waals surface area contributed by atoms with Gasteiger partial charge in [0, 0.05) is 5.54 Å². The Labute approximate surface area is 203 Å². The Morgan fingerprint density at radius 1 is 0.676 bits per heavy atom. The molecule has 6 heteroatoms. The quantitative estimate of drug-likeness (QED) is 0.212. The van der Waals surface area contributed by atoms with Crippen molar-refractivity contribution in [2.45, 2.75) is 64.2 Å². The highest BCUT2D eigenvalue weighted by Crippen LogP contribution is 2.42. The normalized spacial score (nSPS) is 25.7. The van der Waals surface area contributed by atoms with Crippen LogP contribution < -0.4 is 0 Å². The fraction of sp³-hybridized carbons (Fsp3) is 0.500. The van der Waals surface area contributed by atoms with E-state index in [0.717, 1.165) is 30.2 Å². The van der Waals surface area contributed by atoms with Crippen LogP contribution in [-0.2, 0) is 6.42 Å². The van der Waals surface area contributed by atoms with Gasteiger partial charge >= 0.3 is 0 Å². The van der Waals surface area contributed by atoms with Crippen LogP contribution >= 0.6 is 11.6 Å². The second-order valence-corrected chi connectivity index (χ2v) is 10.2. The molecule has 0 radical (unpaired) electrons. The second-order valence-electron chi connectivity index (χ2n) is 9.95. The van der Waals surface area contributed by atoms with Gasteiger partial charge < -0.3 is 0 Å². The maximum Gasteiger partial charge on any atom is 0.200 e. The second kappa shape index (κ2) is 11.2. The average Bonchev–Trinajstić information content (AvgIpc) is 2.87.